The molecule has 0 amide bonds. The zero-order valence-electron chi connectivity index (χ0n) is 10.2. The highest BCUT2D eigenvalue weighted by atomic mass is 32.1. The number of hydrogen-bond donors (Lipinski definition) is 1. The van der Waals surface area contributed by atoms with Crippen LogP contribution in [0.1, 0.15) is 25.0 Å². The molecule has 2 heteroatoms. The van der Waals surface area contributed by atoms with Crippen molar-refractivity contribution in [3.05, 3.63) is 35.4 Å². The van der Waals surface area contributed by atoms with Crippen molar-refractivity contribution in [1.82, 2.24) is 4.90 Å². The molecule has 0 spiro atoms. The molecule has 1 aliphatic rings. The summed E-state index contributed by atoms with van der Waals surface area (Å²) in [6.07, 6.45) is 1.19. The maximum atomic E-state index is 4.43. The Morgan fingerprint density at radius 1 is 1.25 bits per heavy atom. The average Bonchev–Trinajstić information content (AvgIpc) is 2.28. The minimum atomic E-state index is 0.315. The Balaban J connectivity index is 2.03. The summed E-state index contributed by atoms with van der Waals surface area (Å²) in [5, 5.41) is 0. The van der Waals surface area contributed by atoms with E-state index in [4.69, 9.17) is 0 Å². The summed E-state index contributed by atoms with van der Waals surface area (Å²) in [6.45, 7) is 8.02. The zero-order chi connectivity index (χ0) is 11.6. The van der Waals surface area contributed by atoms with Crippen LogP contribution in [0.4, 0.5) is 0 Å². The van der Waals surface area contributed by atoms with Crippen molar-refractivity contribution in [3.8, 4) is 0 Å². The standard InChI is InChI=1S/C14H21NS/c1-14(2,11-16)10-15-8-7-12-5-3-4-6-13(12)9-15/h3-6,16H,7-11H2,1-2H3. The second-order valence-electron chi connectivity index (χ2n) is 5.55. The number of thiol groups is 1. The molecule has 0 N–H and O–H groups in total. The molecule has 2 rings (SSSR count). The summed E-state index contributed by atoms with van der Waals surface area (Å²) in [7, 11) is 0. The first kappa shape index (κ1) is 12.0. The van der Waals surface area contributed by atoms with Crippen LogP contribution in [0.25, 0.3) is 0 Å². The molecule has 1 heterocycles. The Morgan fingerprint density at radius 2 is 1.94 bits per heavy atom. The molecule has 1 aromatic rings. The summed E-state index contributed by atoms with van der Waals surface area (Å²) in [6, 6.07) is 8.81. The molecule has 1 aromatic carbocycles. The summed E-state index contributed by atoms with van der Waals surface area (Å²) in [5.74, 6) is 0.950. The van der Waals surface area contributed by atoms with Crippen molar-refractivity contribution >= 4 is 12.6 Å². The van der Waals surface area contributed by atoms with Gasteiger partial charge in [-0.2, -0.15) is 12.6 Å². The van der Waals surface area contributed by atoms with E-state index >= 15 is 0 Å². The van der Waals surface area contributed by atoms with E-state index < -0.39 is 0 Å². The van der Waals surface area contributed by atoms with E-state index in [1.54, 1.807) is 0 Å². The van der Waals surface area contributed by atoms with Crippen molar-refractivity contribution in [2.75, 3.05) is 18.8 Å². The van der Waals surface area contributed by atoms with Crippen LogP contribution < -0.4 is 0 Å². The molecule has 0 unspecified atom stereocenters. The average molecular weight is 235 g/mol. The molecule has 0 radical (unpaired) electrons. The van der Waals surface area contributed by atoms with Crippen LogP contribution in [-0.2, 0) is 13.0 Å². The van der Waals surface area contributed by atoms with Gasteiger partial charge in [0.05, 0.1) is 0 Å². The molecule has 0 saturated carbocycles. The highest BCUT2D eigenvalue weighted by Gasteiger charge is 2.23. The van der Waals surface area contributed by atoms with Gasteiger partial charge in [0.1, 0.15) is 0 Å². The SMILES string of the molecule is CC(C)(CS)CN1CCc2ccccc2C1. The molecular weight excluding hydrogens is 214 g/mol. The van der Waals surface area contributed by atoms with Crippen LogP contribution in [0.5, 0.6) is 0 Å². The van der Waals surface area contributed by atoms with Gasteiger partial charge in [-0.05, 0) is 28.7 Å². The molecule has 0 atom stereocenters. The molecule has 0 aromatic heterocycles. The van der Waals surface area contributed by atoms with Gasteiger partial charge >= 0.3 is 0 Å². The summed E-state index contributed by atoms with van der Waals surface area (Å²) in [5.41, 5.74) is 3.35. The fourth-order valence-electron chi connectivity index (χ4n) is 2.34. The predicted octanol–water partition coefficient (Wildman–Crippen LogP) is 3.00. The lowest BCUT2D eigenvalue weighted by molar-refractivity contribution is 0.180. The van der Waals surface area contributed by atoms with Gasteiger partial charge in [0.15, 0.2) is 0 Å². The Labute approximate surface area is 104 Å². The van der Waals surface area contributed by atoms with E-state index in [0.29, 0.717) is 5.41 Å². The first-order valence-corrected chi connectivity index (χ1v) is 6.64. The van der Waals surface area contributed by atoms with Crippen LogP contribution in [-0.4, -0.2) is 23.7 Å². The Bertz CT molecular complexity index is 360. The Morgan fingerprint density at radius 3 is 2.62 bits per heavy atom. The normalized spacial score (nSPS) is 17.2. The molecule has 1 nitrogen and oxygen atoms in total. The lowest BCUT2D eigenvalue weighted by atomic mass is 9.93. The number of benzene rings is 1. The maximum Gasteiger partial charge on any atom is 0.0236 e. The van der Waals surface area contributed by atoms with Gasteiger partial charge in [0, 0.05) is 19.6 Å². The van der Waals surface area contributed by atoms with Crippen molar-refractivity contribution in [1.29, 1.82) is 0 Å². The minimum Gasteiger partial charge on any atom is -0.298 e. The third-order valence-electron chi connectivity index (χ3n) is 3.29. The quantitative estimate of drug-likeness (QED) is 0.788. The zero-order valence-corrected chi connectivity index (χ0v) is 11.1. The van der Waals surface area contributed by atoms with Gasteiger partial charge in [-0.15, -0.1) is 0 Å². The van der Waals surface area contributed by atoms with Crippen LogP contribution in [0.2, 0.25) is 0 Å². The van der Waals surface area contributed by atoms with Gasteiger partial charge in [0.25, 0.3) is 0 Å². The van der Waals surface area contributed by atoms with Crippen LogP contribution >= 0.6 is 12.6 Å². The van der Waals surface area contributed by atoms with Crippen LogP contribution in [0.3, 0.4) is 0 Å². The molecule has 0 bridgehead atoms. The van der Waals surface area contributed by atoms with Crippen molar-refractivity contribution in [2.24, 2.45) is 5.41 Å². The summed E-state index contributed by atoms with van der Waals surface area (Å²) >= 11 is 4.43. The second kappa shape index (κ2) is 4.80. The first-order chi connectivity index (χ1) is 7.61. The molecule has 1 aliphatic heterocycles. The largest absolute Gasteiger partial charge is 0.298 e. The molecule has 0 fully saturated rings. The lowest BCUT2D eigenvalue weighted by Gasteiger charge is -2.35. The number of fused-ring (bicyclic) bond motifs is 1. The molecule has 88 valence electrons. The summed E-state index contributed by atoms with van der Waals surface area (Å²) < 4.78 is 0. The van der Waals surface area contributed by atoms with Gasteiger partial charge in [-0.25, -0.2) is 0 Å². The molecule has 16 heavy (non-hydrogen) atoms. The molecule has 0 aliphatic carbocycles. The smallest absolute Gasteiger partial charge is 0.0236 e. The van der Waals surface area contributed by atoms with Crippen molar-refractivity contribution in [3.63, 3.8) is 0 Å². The molecular formula is C14H21NS. The predicted molar refractivity (Wildman–Crippen MR) is 73.1 cm³/mol. The maximum absolute atomic E-state index is 4.43. The summed E-state index contributed by atoms with van der Waals surface area (Å²) in [4.78, 5) is 2.55. The Hall–Kier alpha value is -0.470. The van der Waals surface area contributed by atoms with E-state index in [1.807, 2.05) is 0 Å². The fraction of sp³-hybridized carbons (Fsp3) is 0.571. The highest BCUT2D eigenvalue weighted by Crippen LogP contribution is 2.24. The van der Waals surface area contributed by atoms with Gasteiger partial charge in [-0.1, -0.05) is 38.1 Å². The van der Waals surface area contributed by atoms with Gasteiger partial charge < -0.3 is 0 Å². The van der Waals surface area contributed by atoms with Crippen molar-refractivity contribution in [2.45, 2.75) is 26.8 Å². The lowest BCUT2D eigenvalue weighted by Crippen LogP contribution is -2.38. The number of rotatable bonds is 3. The van der Waals surface area contributed by atoms with E-state index in [9.17, 15) is 0 Å². The Kier molecular flexibility index (Phi) is 3.60. The van der Waals surface area contributed by atoms with Crippen LogP contribution in [0, 0.1) is 5.41 Å². The van der Waals surface area contributed by atoms with E-state index in [2.05, 4.69) is 55.6 Å². The van der Waals surface area contributed by atoms with Gasteiger partial charge in [-0.3, -0.25) is 4.90 Å². The first-order valence-electron chi connectivity index (χ1n) is 6.01. The monoisotopic (exact) mass is 235 g/mol. The number of hydrogen-bond acceptors (Lipinski definition) is 2. The second-order valence-corrected chi connectivity index (χ2v) is 5.87. The van der Waals surface area contributed by atoms with E-state index in [0.717, 1.165) is 18.8 Å². The third kappa shape index (κ3) is 2.80. The third-order valence-corrected chi connectivity index (χ3v) is 4.15. The molecule has 0 saturated heterocycles. The highest BCUT2D eigenvalue weighted by molar-refractivity contribution is 7.80. The number of nitrogens with zero attached hydrogens (tertiary/aromatic N) is 1. The van der Waals surface area contributed by atoms with E-state index in [-0.39, 0.29) is 0 Å². The van der Waals surface area contributed by atoms with Crippen LogP contribution in [0.15, 0.2) is 24.3 Å². The minimum absolute atomic E-state index is 0.315. The van der Waals surface area contributed by atoms with Crippen molar-refractivity contribution < 1.29 is 0 Å². The topological polar surface area (TPSA) is 3.24 Å². The fourth-order valence-corrected chi connectivity index (χ4v) is 2.44. The van der Waals surface area contributed by atoms with E-state index in [1.165, 1.54) is 24.1 Å². The van der Waals surface area contributed by atoms with Gasteiger partial charge in [0.2, 0.25) is 0 Å².